The lowest BCUT2D eigenvalue weighted by Crippen LogP contribution is -2.26. The number of nitrogens with zero attached hydrogens (tertiary/aromatic N) is 3. The van der Waals surface area contributed by atoms with Gasteiger partial charge in [-0.15, -0.1) is 11.3 Å². The standard InChI is InChI=1S/C20H20ClN5O3S/c21-12-5-1-4-11(10-12)16-14-15(22)17(18(23)28)30-19(14)25-20(24-16)29-9-3-8-26-7-2-6-13(26)27/h1,4-5,10H,2-3,6-9,22H2,(H2,23,28). The second kappa shape index (κ2) is 8.45. The molecule has 1 aliphatic heterocycles. The number of thiophene rings is 1. The average molecular weight is 446 g/mol. The Labute approximate surface area is 181 Å². The Morgan fingerprint density at radius 2 is 2.17 bits per heavy atom. The van der Waals surface area contributed by atoms with Crippen LogP contribution in [0.15, 0.2) is 24.3 Å². The lowest BCUT2D eigenvalue weighted by Gasteiger charge is -2.15. The Morgan fingerprint density at radius 3 is 2.87 bits per heavy atom. The molecule has 2 aromatic heterocycles. The number of carbonyl (C=O) groups is 2. The van der Waals surface area contributed by atoms with E-state index in [1.807, 2.05) is 11.0 Å². The lowest BCUT2D eigenvalue weighted by atomic mass is 10.1. The third kappa shape index (κ3) is 4.03. The number of hydrogen-bond acceptors (Lipinski definition) is 7. The molecule has 0 saturated carbocycles. The SMILES string of the molecule is NC(=O)c1sc2nc(OCCCN3CCCC3=O)nc(-c3cccc(Cl)c3)c2c1N. The number of anilines is 1. The Morgan fingerprint density at radius 1 is 1.33 bits per heavy atom. The summed E-state index contributed by atoms with van der Waals surface area (Å²) < 4.78 is 5.77. The number of rotatable bonds is 7. The fourth-order valence-electron chi connectivity index (χ4n) is 3.45. The van der Waals surface area contributed by atoms with Crippen molar-refractivity contribution in [3.63, 3.8) is 0 Å². The summed E-state index contributed by atoms with van der Waals surface area (Å²) in [7, 11) is 0. The van der Waals surface area contributed by atoms with Crippen LogP contribution >= 0.6 is 22.9 Å². The maximum Gasteiger partial charge on any atom is 0.318 e. The number of amides is 2. The molecule has 1 fully saturated rings. The molecule has 3 heterocycles. The highest BCUT2D eigenvalue weighted by molar-refractivity contribution is 7.21. The van der Waals surface area contributed by atoms with Gasteiger partial charge in [-0.1, -0.05) is 23.7 Å². The average Bonchev–Trinajstić information content (AvgIpc) is 3.28. The van der Waals surface area contributed by atoms with Gasteiger partial charge < -0.3 is 21.1 Å². The third-order valence-corrected chi connectivity index (χ3v) is 6.21. The van der Waals surface area contributed by atoms with E-state index in [-0.39, 0.29) is 22.5 Å². The summed E-state index contributed by atoms with van der Waals surface area (Å²) in [6, 6.07) is 7.33. The maximum absolute atomic E-state index is 11.8. The van der Waals surface area contributed by atoms with E-state index in [1.54, 1.807) is 18.2 Å². The number of carbonyl (C=O) groups excluding carboxylic acids is 2. The van der Waals surface area contributed by atoms with Crippen LogP contribution in [0, 0.1) is 0 Å². The van der Waals surface area contributed by atoms with Gasteiger partial charge in [-0.25, -0.2) is 0 Å². The molecule has 10 heteroatoms. The summed E-state index contributed by atoms with van der Waals surface area (Å²) in [5.74, 6) is -0.436. The fourth-order valence-corrected chi connectivity index (χ4v) is 4.58. The molecule has 4 N–H and O–H groups in total. The van der Waals surface area contributed by atoms with Crippen LogP contribution in [0.2, 0.25) is 5.02 Å². The molecule has 1 saturated heterocycles. The molecule has 2 amide bonds. The van der Waals surface area contributed by atoms with Crippen molar-refractivity contribution >= 4 is 50.7 Å². The third-order valence-electron chi connectivity index (χ3n) is 4.86. The molecule has 1 aromatic carbocycles. The van der Waals surface area contributed by atoms with E-state index >= 15 is 0 Å². The molecule has 156 valence electrons. The highest BCUT2D eigenvalue weighted by atomic mass is 35.5. The normalized spacial score (nSPS) is 13.9. The molecule has 0 spiro atoms. The zero-order chi connectivity index (χ0) is 21.3. The van der Waals surface area contributed by atoms with Crippen molar-refractivity contribution in [2.24, 2.45) is 5.73 Å². The minimum atomic E-state index is -0.620. The number of aromatic nitrogens is 2. The van der Waals surface area contributed by atoms with Crippen LogP contribution in [-0.4, -0.2) is 46.4 Å². The van der Waals surface area contributed by atoms with Gasteiger partial charge in [-0.2, -0.15) is 9.97 Å². The van der Waals surface area contributed by atoms with Gasteiger partial charge in [-0.3, -0.25) is 9.59 Å². The molecule has 0 bridgehead atoms. The van der Waals surface area contributed by atoms with E-state index in [4.69, 9.17) is 27.8 Å². The number of fused-ring (bicyclic) bond motifs is 1. The topological polar surface area (TPSA) is 124 Å². The highest BCUT2D eigenvalue weighted by Gasteiger charge is 2.22. The van der Waals surface area contributed by atoms with Crippen LogP contribution in [0.3, 0.4) is 0 Å². The van der Waals surface area contributed by atoms with Gasteiger partial charge in [0, 0.05) is 30.1 Å². The Kier molecular flexibility index (Phi) is 5.74. The van der Waals surface area contributed by atoms with Crippen LogP contribution < -0.4 is 16.2 Å². The summed E-state index contributed by atoms with van der Waals surface area (Å²) in [6.45, 7) is 1.79. The number of benzene rings is 1. The highest BCUT2D eigenvalue weighted by Crippen LogP contribution is 2.39. The van der Waals surface area contributed by atoms with Crippen molar-refractivity contribution in [3.8, 4) is 17.3 Å². The maximum atomic E-state index is 11.8. The van der Waals surface area contributed by atoms with E-state index in [0.29, 0.717) is 46.9 Å². The van der Waals surface area contributed by atoms with Crippen molar-refractivity contribution in [1.29, 1.82) is 0 Å². The van der Waals surface area contributed by atoms with Gasteiger partial charge in [0.25, 0.3) is 5.91 Å². The number of hydrogen-bond donors (Lipinski definition) is 2. The fraction of sp³-hybridized carbons (Fsp3) is 0.300. The molecular weight excluding hydrogens is 426 g/mol. The quantitative estimate of drug-likeness (QED) is 0.538. The molecule has 0 aliphatic carbocycles. The van der Waals surface area contributed by atoms with E-state index in [2.05, 4.69) is 9.97 Å². The number of ether oxygens (including phenoxy) is 1. The molecule has 30 heavy (non-hydrogen) atoms. The minimum absolute atomic E-state index is 0.169. The molecule has 0 unspecified atom stereocenters. The zero-order valence-electron chi connectivity index (χ0n) is 16.1. The lowest BCUT2D eigenvalue weighted by molar-refractivity contribution is -0.127. The Balaban J connectivity index is 1.63. The van der Waals surface area contributed by atoms with Gasteiger partial charge in [0.05, 0.1) is 23.4 Å². The van der Waals surface area contributed by atoms with E-state index in [1.165, 1.54) is 0 Å². The van der Waals surface area contributed by atoms with Gasteiger partial charge in [-0.05, 0) is 25.0 Å². The van der Waals surface area contributed by atoms with Crippen molar-refractivity contribution < 1.29 is 14.3 Å². The van der Waals surface area contributed by atoms with Crippen molar-refractivity contribution in [2.75, 3.05) is 25.4 Å². The molecule has 1 aliphatic rings. The van der Waals surface area contributed by atoms with E-state index in [0.717, 1.165) is 29.9 Å². The Bertz CT molecular complexity index is 1130. The van der Waals surface area contributed by atoms with Gasteiger partial charge in [0.15, 0.2) is 0 Å². The van der Waals surface area contributed by atoms with E-state index in [9.17, 15) is 9.59 Å². The monoisotopic (exact) mass is 445 g/mol. The zero-order valence-corrected chi connectivity index (χ0v) is 17.6. The first-order valence-corrected chi connectivity index (χ1v) is 10.7. The predicted octanol–water partition coefficient (Wildman–Crippen LogP) is 3.08. The number of primary amides is 1. The van der Waals surface area contributed by atoms with Crippen LogP contribution in [0.5, 0.6) is 6.01 Å². The van der Waals surface area contributed by atoms with Crippen LogP contribution in [0.25, 0.3) is 21.5 Å². The molecular formula is C20H20ClN5O3S. The second-order valence-electron chi connectivity index (χ2n) is 6.94. The molecule has 0 atom stereocenters. The first kappa shape index (κ1) is 20.4. The van der Waals surface area contributed by atoms with Crippen LogP contribution in [0.4, 0.5) is 5.69 Å². The first-order chi connectivity index (χ1) is 14.4. The predicted molar refractivity (Wildman–Crippen MR) is 117 cm³/mol. The van der Waals surface area contributed by atoms with Gasteiger partial charge in [0.2, 0.25) is 5.91 Å². The second-order valence-corrected chi connectivity index (χ2v) is 8.38. The minimum Gasteiger partial charge on any atom is -0.463 e. The summed E-state index contributed by atoms with van der Waals surface area (Å²) >= 11 is 7.25. The molecule has 0 radical (unpaired) electrons. The number of halogens is 1. The number of nitrogens with two attached hydrogens (primary N) is 2. The molecule has 8 nitrogen and oxygen atoms in total. The first-order valence-electron chi connectivity index (χ1n) is 9.50. The summed E-state index contributed by atoms with van der Waals surface area (Å²) in [5.41, 5.74) is 13.1. The smallest absolute Gasteiger partial charge is 0.318 e. The van der Waals surface area contributed by atoms with Crippen LogP contribution in [-0.2, 0) is 4.79 Å². The summed E-state index contributed by atoms with van der Waals surface area (Å²) in [4.78, 5) is 35.0. The largest absolute Gasteiger partial charge is 0.463 e. The molecule has 3 aromatic rings. The molecule has 4 rings (SSSR count). The van der Waals surface area contributed by atoms with E-state index < -0.39 is 5.91 Å². The van der Waals surface area contributed by atoms with Gasteiger partial charge >= 0.3 is 6.01 Å². The van der Waals surface area contributed by atoms with Crippen molar-refractivity contribution in [1.82, 2.24) is 14.9 Å². The summed E-state index contributed by atoms with van der Waals surface area (Å²) in [5, 5.41) is 1.09. The van der Waals surface area contributed by atoms with Crippen molar-refractivity contribution in [3.05, 3.63) is 34.2 Å². The van der Waals surface area contributed by atoms with Crippen molar-refractivity contribution in [2.45, 2.75) is 19.3 Å². The van der Waals surface area contributed by atoms with Crippen LogP contribution in [0.1, 0.15) is 28.9 Å². The Hall–Kier alpha value is -2.91. The summed E-state index contributed by atoms with van der Waals surface area (Å²) in [6.07, 6.45) is 2.19. The number of likely N-dealkylation sites (tertiary alicyclic amines) is 1. The number of nitrogen functional groups attached to an aromatic ring is 1. The van der Waals surface area contributed by atoms with Gasteiger partial charge in [0.1, 0.15) is 9.71 Å².